The number of hydrogen-bond acceptors (Lipinski definition) is 4. The molecule has 2 N–H and O–H groups in total. The second kappa shape index (κ2) is 10.5. The summed E-state index contributed by atoms with van der Waals surface area (Å²) in [6.07, 6.45) is 10.5. The summed E-state index contributed by atoms with van der Waals surface area (Å²) in [6.45, 7) is 7.11. The molecule has 0 aromatic heterocycles. The van der Waals surface area contributed by atoms with Crippen LogP contribution in [0.25, 0.3) is 0 Å². The third-order valence-corrected chi connectivity index (χ3v) is 4.59. The molecule has 0 aromatic carbocycles. The van der Waals surface area contributed by atoms with Crippen LogP contribution in [-0.4, -0.2) is 51.1 Å². The zero-order chi connectivity index (χ0) is 14.8. The minimum Gasteiger partial charge on any atom is -0.379 e. The first-order chi connectivity index (χ1) is 10.3. The van der Waals surface area contributed by atoms with Gasteiger partial charge in [-0.2, -0.15) is 0 Å². The highest BCUT2D eigenvalue weighted by Crippen LogP contribution is 2.13. The van der Waals surface area contributed by atoms with E-state index in [-0.39, 0.29) is 0 Å². The molecular formula is C17H34N2O2. The molecule has 2 saturated heterocycles. The Kier molecular flexibility index (Phi) is 8.64. The van der Waals surface area contributed by atoms with E-state index >= 15 is 0 Å². The lowest BCUT2D eigenvalue weighted by Crippen LogP contribution is -2.37. The van der Waals surface area contributed by atoms with Gasteiger partial charge < -0.3 is 20.1 Å². The Hall–Kier alpha value is -0.160. The van der Waals surface area contributed by atoms with E-state index in [2.05, 4.69) is 17.6 Å². The van der Waals surface area contributed by atoms with Crippen molar-refractivity contribution in [3.63, 3.8) is 0 Å². The van der Waals surface area contributed by atoms with Gasteiger partial charge in [-0.25, -0.2) is 0 Å². The number of rotatable bonds is 9. The number of hydrogen-bond donors (Lipinski definition) is 2. The molecule has 4 heteroatoms. The molecule has 4 nitrogen and oxygen atoms in total. The Morgan fingerprint density at radius 1 is 1.24 bits per heavy atom. The van der Waals surface area contributed by atoms with E-state index in [0.29, 0.717) is 18.2 Å². The van der Waals surface area contributed by atoms with Crippen LogP contribution in [0.1, 0.15) is 58.3 Å². The molecule has 0 radical (unpaired) electrons. The van der Waals surface area contributed by atoms with Gasteiger partial charge in [0.05, 0.1) is 12.7 Å². The van der Waals surface area contributed by atoms with E-state index < -0.39 is 0 Å². The summed E-state index contributed by atoms with van der Waals surface area (Å²) < 4.78 is 11.2. The fraction of sp³-hybridized carbons (Fsp3) is 1.00. The maximum atomic E-state index is 5.69. The van der Waals surface area contributed by atoms with Crippen molar-refractivity contribution in [3.05, 3.63) is 0 Å². The molecule has 2 fully saturated rings. The second-order valence-corrected chi connectivity index (χ2v) is 6.65. The van der Waals surface area contributed by atoms with Crippen LogP contribution in [0.5, 0.6) is 0 Å². The SMILES string of the molecule is CC(CC1CCCCCN1)NCCCOCC1CCCO1. The fourth-order valence-corrected chi connectivity index (χ4v) is 3.33. The van der Waals surface area contributed by atoms with Gasteiger partial charge in [0.2, 0.25) is 0 Å². The predicted octanol–water partition coefficient (Wildman–Crippen LogP) is 2.47. The molecule has 0 aliphatic carbocycles. The summed E-state index contributed by atoms with van der Waals surface area (Å²) in [7, 11) is 0. The van der Waals surface area contributed by atoms with Crippen molar-refractivity contribution < 1.29 is 9.47 Å². The molecule has 2 heterocycles. The van der Waals surface area contributed by atoms with Crippen LogP contribution in [-0.2, 0) is 9.47 Å². The van der Waals surface area contributed by atoms with E-state index in [9.17, 15) is 0 Å². The normalized spacial score (nSPS) is 28.4. The molecule has 0 saturated carbocycles. The average Bonchev–Trinajstić information content (AvgIpc) is 2.87. The highest BCUT2D eigenvalue weighted by atomic mass is 16.5. The number of nitrogens with one attached hydrogen (secondary N) is 2. The lowest BCUT2D eigenvalue weighted by atomic mass is 10.0. The molecule has 2 aliphatic heterocycles. The van der Waals surface area contributed by atoms with Crippen molar-refractivity contribution in [2.45, 2.75) is 76.5 Å². The summed E-state index contributed by atoms with van der Waals surface area (Å²) >= 11 is 0. The smallest absolute Gasteiger partial charge is 0.0809 e. The van der Waals surface area contributed by atoms with Crippen LogP contribution in [0, 0.1) is 0 Å². The van der Waals surface area contributed by atoms with Crippen LogP contribution in [0.3, 0.4) is 0 Å². The van der Waals surface area contributed by atoms with E-state index in [0.717, 1.165) is 32.8 Å². The minimum atomic E-state index is 0.359. The third-order valence-electron chi connectivity index (χ3n) is 4.59. The average molecular weight is 298 g/mol. The zero-order valence-electron chi connectivity index (χ0n) is 13.7. The first kappa shape index (κ1) is 17.2. The molecule has 2 aliphatic rings. The summed E-state index contributed by atoms with van der Waals surface area (Å²) in [5.41, 5.74) is 0. The van der Waals surface area contributed by atoms with Gasteiger partial charge in [0.1, 0.15) is 0 Å². The summed E-state index contributed by atoms with van der Waals surface area (Å²) in [6, 6.07) is 1.31. The first-order valence-corrected chi connectivity index (χ1v) is 9.00. The van der Waals surface area contributed by atoms with Crippen LogP contribution in [0.4, 0.5) is 0 Å². The molecule has 0 aromatic rings. The third kappa shape index (κ3) is 7.59. The van der Waals surface area contributed by atoms with Crippen molar-refractivity contribution in [2.24, 2.45) is 0 Å². The molecule has 2 rings (SSSR count). The Balaban J connectivity index is 1.42. The highest BCUT2D eigenvalue weighted by molar-refractivity contribution is 4.75. The zero-order valence-corrected chi connectivity index (χ0v) is 13.7. The minimum absolute atomic E-state index is 0.359. The maximum Gasteiger partial charge on any atom is 0.0809 e. The highest BCUT2D eigenvalue weighted by Gasteiger charge is 2.15. The Morgan fingerprint density at radius 2 is 2.19 bits per heavy atom. The van der Waals surface area contributed by atoms with Crippen molar-refractivity contribution in [1.82, 2.24) is 10.6 Å². The fourth-order valence-electron chi connectivity index (χ4n) is 3.33. The number of ether oxygens (including phenoxy) is 2. The molecule has 0 bridgehead atoms. The van der Waals surface area contributed by atoms with E-state index in [1.54, 1.807) is 0 Å². The summed E-state index contributed by atoms with van der Waals surface area (Å²) in [5.74, 6) is 0. The Bertz CT molecular complexity index is 249. The molecule has 21 heavy (non-hydrogen) atoms. The summed E-state index contributed by atoms with van der Waals surface area (Å²) in [5, 5.41) is 7.30. The quantitative estimate of drug-likeness (QED) is 0.642. The maximum absolute atomic E-state index is 5.69. The molecule has 0 amide bonds. The molecular weight excluding hydrogens is 264 g/mol. The lowest BCUT2D eigenvalue weighted by molar-refractivity contribution is 0.0165. The van der Waals surface area contributed by atoms with Crippen LogP contribution in [0.15, 0.2) is 0 Å². The van der Waals surface area contributed by atoms with E-state index in [1.807, 2.05) is 0 Å². The van der Waals surface area contributed by atoms with Gasteiger partial charge in [-0.05, 0) is 58.5 Å². The predicted molar refractivity (Wildman–Crippen MR) is 86.8 cm³/mol. The van der Waals surface area contributed by atoms with Crippen molar-refractivity contribution in [2.75, 3.05) is 32.9 Å². The lowest BCUT2D eigenvalue weighted by Gasteiger charge is -2.21. The largest absolute Gasteiger partial charge is 0.379 e. The standard InChI is InChI=1S/C17H34N2O2/c1-15(13-16-7-3-2-4-9-19-16)18-10-6-11-20-14-17-8-5-12-21-17/h15-19H,2-14H2,1H3. The van der Waals surface area contributed by atoms with Gasteiger partial charge in [0, 0.05) is 25.3 Å². The second-order valence-electron chi connectivity index (χ2n) is 6.65. The van der Waals surface area contributed by atoms with Crippen LogP contribution >= 0.6 is 0 Å². The van der Waals surface area contributed by atoms with Gasteiger partial charge in [-0.3, -0.25) is 0 Å². The van der Waals surface area contributed by atoms with Crippen LogP contribution < -0.4 is 10.6 Å². The van der Waals surface area contributed by atoms with Gasteiger partial charge in [-0.1, -0.05) is 12.8 Å². The van der Waals surface area contributed by atoms with Gasteiger partial charge in [-0.15, -0.1) is 0 Å². The van der Waals surface area contributed by atoms with Crippen molar-refractivity contribution >= 4 is 0 Å². The van der Waals surface area contributed by atoms with Crippen LogP contribution in [0.2, 0.25) is 0 Å². The summed E-state index contributed by atoms with van der Waals surface area (Å²) in [4.78, 5) is 0. The van der Waals surface area contributed by atoms with Gasteiger partial charge >= 0.3 is 0 Å². The Morgan fingerprint density at radius 3 is 3.05 bits per heavy atom. The molecule has 124 valence electrons. The van der Waals surface area contributed by atoms with Gasteiger partial charge in [0.15, 0.2) is 0 Å². The van der Waals surface area contributed by atoms with Crippen molar-refractivity contribution in [3.8, 4) is 0 Å². The first-order valence-electron chi connectivity index (χ1n) is 9.00. The monoisotopic (exact) mass is 298 g/mol. The molecule has 3 atom stereocenters. The van der Waals surface area contributed by atoms with E-state index in [1.165, 1.54) is 51.5 Å². The topological polar surface area (TPSA) is 42.5 Å². The van der Waals surface area contributed by atoms with E-state index in [4.69, 9.17) is 9.47 Å². The van der Waals surface area contributed by atoms with Gasteiger partial charge in [0.25, 0.3) is 0 Å². The molecule has 0 spiro atoms. The molecule has 3 unspecified atom stereocenters. The Labute approximate surface area is 130 Å². The van der Waals surface area contributed by atoms with Crippen molar-refractivity contribution in [1.29, 1.82) is 0 Å².